The number of hydrogen-bond donors (Lipinski definition) is 1. The van der Waals surface area contributed by atoms with E-state index in [-0.39, 0.29) is 5.92 Å². The van der Waals surface area contributed by atoms with Crippen molar-refractivity contribution in [2.75, 3.05) is 5.88 Å². The molecule has 0 amide bonds. The average Bonchev–Trinajstić information content (AvgIpc) is 2.04. The molecule has 2 heteroatoms. The molecule has 0 heterocycles. The number of hydrogen-bond acceptors (Lipinski definition) is 1. The zero-order valence-corrected chi connectivity index (χ0v) is 8.56. The van der Waals surface area contributed by atoms with Crippen molar-refractivity contribution in [2.24, 2.45) is 5.92 Å². The number of rotatable bonds is 3. The molecule has 0 bridgehead atoms. The highest BCUT2D eigenvalue weighted by Gasteiger charge is 2.15. The fraction of sp³-hybridized carbons (Fsp3) is 0.364. The number of nitrogens with one attached hydrogen (secondary N) is 1. The van der Waals surface area contributed by atoms with Gasteiger partial charge in [-0.25, -0.2) is 0 Å². The molecule has 0 spiro atoms. The van der Waals surface area contributed by atoms with Crippen molar-refractivity contribution in [1.82, 2.24) is 0 Å². The first-order valence-electron chi connectivity index (χ1n) is 4.33. The van der Waals surface area contributed by atoms with E-state index in [0.717, 1.165) is 17.6 Å². The first kappa shape index (κ1) is 10.3. The molecule has 0 saturated heterocycles. The predicted octanol–water partition coefficient (Wildman–Crippen LogP) is 3.32. The molecule has 13 heavy (non-hydrogen) atoms. The van der Waals surface area contributed by atoms with Crippen LogP contribution in [0.1, 0.15) is 13.3 Å². The molecule has 1 atom stereocenters. The Kier molecular flexibility index (Phi) is 3.49. The van der Waals surface area contributed by atoms with Gasteiger partial charge in [0.25, 0.3) is 0 Å². The van der Waals surface area contributed by atoms with Crippen molar-refractivity contribution in [1.29, 1.82) is 5.41 Å². The van der Waals surface area contributed by atoms with Crippen molar-refractivity contribution in [3.63, 3.8) is 0 Å². The van der Waals surface area contributed by atoms with E-state index in [2.05, 4.69) is 6.58 Å². The summed E-state index contributed by atoms with van der Waals surface area (Å²) < 4.78 is 0. The van der Waals surface area contributed by atoms with Gasteiger partial charge >= 0.3 is 0 Å². The van der Waals surface area contributed by atoms with Crippen molar-refractivity contribution < 1.29 is 0 Å². The highest BCUT2D eigenvalue weighted by molar-refractivity contribution is 6.18. The molecule has 0 fully saturated rings. The van der Waals surface area contributed by atoms with Crippen molar-refractivity contribution in [3.8, 4) is 0 Å². The van der Waals surface area contributed by atoms with Crippen LogP contribution in [0.5, 0.6) is 0 Å². The van der Waals surface area contributed by atoms with Gasteiger partial charge in [0.05, 0.1) is 0 Å². The van der Waals surface area contributed by atoms with Gasteiger partial charge in [-0.05, 0) is 25.0 Å². The zero-order chi connectivity index (χ0) is 9.84. The second-order valence-electron chi connectivity index (χ2n) is 3.28. The Morgan fingerprint density at radius 1 is 1.69 bits per heavy atom. The van der Waals surface area contributed by atoms with Crippen LogP contribution in [0, 0.1) is 11.3 Å². The number of halogens is 1. The minimum atomic E-state index is 0.0717. The van der Waals surface area contributed by atoms with Crippen LogP contribution in [0.25, 0.3) is 0 Å². The lowest BCUT2D eigenvalue weighted by atomic mass is 9.88. The zero-order valence-electron chi connectivity index (χ0n) is 7.81. The Morgan fingerprint density at radius 2 is 2.38 bits per heavy atom. The molecule has 0 aromatic carbocycles. The third-order valence-corrected chi connectivity index (χ3v) is 2.31. The number of allylic oxidation sites excluding steroid dienone is 5. The summed E-state index contributed by atoms with van der Waals surface area (Å²) in [6.07, 6.45) is 6.71. The van der Waals surface area contributed by atoms with Crippen LogP contribution in [-0.4, -0.2) is 11.6 Å². The normalized spacial score (nSPS) is 21.5. The minimum absolute atomic E-state index is 0.0717. The summed E-state index contributed by atoms with van der Waals surface area (Å²) in [5, 5.41) is 7.75. The molecule has 0 saturated carbocycles. The van der Waals surface area contributed by atoms with E-state index in [9.17, 15) is 0 Å². The maximum Gasteiger partial charge on any atom is 0.0425 e. The molecular formula is C11H14ClN. The monoisotopic (exact) mass is 195 g/mol. The van der Waals surface area contributed by atoms with E-state index in [0.29, 0.717) is 11.6 Å². The van der Waals surface area contributed by atoms with Gasteiger partial charge in [0.1, 0.15) is 0 Å². The molecule has 0 aliphatic heterocycles. The van der Waals surface area contributed by atoms with Gasteiger partial charge in [-0.3, -0.25) is 0 Å². The maximum atomic E-state index is 7.75. The Hall–Kier alpha value is -0.820. The largest absolute Gasteiger partial charge is 0.304 e. The van der Waals surface area contributed by atoms with Crippen LogP contribution < -0.4 is 0 Å². The summed E-state index contributed by atoms with van der Waals surface area (Å²) in [6, 6.07) is 0. The third kappa shape index (κ3) is 2.56. The summed E-state index contributed by atoms with van der Waals surface area (Å²) in [4.78, 5) is 0. The Balaban J connectivity index is 2.70. The van der Waals surface area contributed by atoms with Gasteiger partial charge in [-0.2, -0.15) is 0 Å². The van der Waals surface area contributed by atoms with Gasteiger partial charge in [0.15, 0.2) is 0 Å². The summed E-state index contributed by atoms with van der Waals surface area (Å²) in [5.74, 6) is 0.654. The third-order valence-electron chi connectivity index (χ3n) is 2.13. The van der Waals surface area contributed by atoms with Gasteiger partial charge in [-0.15, -0.1) is 11.6 Å². The molecule has 1 aliphatic carbocycles. The van der Waals surface area contributed by atoms with Gasteiger partial charge in [-0.1, -0.05) is 24.3 Å². The Morgan fingerprint density at radius 3 is 2.92 bits per heavy atom. The quantitative estimate of drug-likeness (QED) is 0.528. The highest BCUT2D eigenvalue weighted by Crippen LogP contribution is 2.22. The van der Waals surface area contributed by atoms with E-state index in [4.69, 9.17) is 17.0 Å². The van der Waals surface area contributed by atoms with Crippen molar-refractivity contribution >= 4 is 17.3 Å². The van der Waals surface area contributed by atoms with Crippen LogP contribution in [0.4, 0.5) is 0 Å². The van der Waals surface area contributed by atoms with Gasteiger partial charge < -0.3 is 5.41 Å². The second kappa shape index (κ2) is 4.43. The first-order valence-corrected chi connectivity index (χ1v) is 4.87. The fourth-order valence-corrected chi connectivity index (χ4v) is 1.61. The van der Waals surface area contributed by atoms with E-state index in [1.807, 2.05) is 25.2 Å². The molecule has 1 unspecified atom stereocenters. The second-order valence-corrected chi connectivity index (χ2v) is 3.66. The Bertz CT molecular complexity index is 286. The summed E-state index contributed by atoms with van der Waals surface area (Å²) in [5.41, 5.74) is 2.77. The lowest BCUT2D eigenvalue weighted by Gasteiger charge is -2.17. The molecule has 0 radical (unpaired) electrons. The number of alkyl halides is 1. The predicted molar refractivity (Wildman–Crippen MR) is 58.6 cm³/mol. The SMILES string of the molecule is C=C(CCCl)C1C=CC(C)=CC1=N. The van der Waals surface area contributed by atoms with Crippen LogP contribution in [-0.2, 0) is 0 Å². The van der Waals surface area contributed by atoms with E-state index >= 15 is 0 Å². The standard InChI is InChI=1S/C11H14ClN/c1-8-3-4-10(11(13)7-8)9(2)5-6-12/h3-4,7,10,13H,2,5-6H2,1H3. The lowest BCUT2D eigenvalue weighted by molar-refractivity contribution is 0.926. The topological polar surface area (TPSA) is 23.9 Å². The van der Waals surface area contributed by atoms with Crippen LogP contribution >= 0.6 is 11.6 Å². The lowest BCUT2D eigenvalue weighted by Crippen LogP contribution is -2.14. The minimum Gasteiger partial charge on any atom is -0.304 e. The summed E-state index contributed by atoms with van der Waals surface area (Å²) in [6.45, 7) is 5.93. The maximum absolute atomic E-state index is 7.75. The summed E-state index contributed by atoms with van der Waals surface area (Å²) >= 11 is 5.62. The van der Waals surface area contributed by atoms with E-state index < -0.39 is 0 Å². The molecule has 70 valence electrons. The van der Waals surface area contributed by atoms with Crippen LogP contribution in [0.2, 0.25) is 0 Å². The molecule has 1 aliphatic rings. The smallest absolute Gasteiger partial charge is 0.0425 e. The first-order chi connectivity index (χ1) is 6.15. The van der Waals surface area contributed by atoms with E-state index in [1.54, 1.807) is 0 Å². The molecule has 0 aromatic heterocycles. The van der Waals surface area contributed by atoms with Gasteiger partial charge in [0.2, 0.25) is 0 Å². The average molecular weight is 196 g/mol. The Labute approximate surface area is 84.3 Å². The fourth-order valence-electron chi connectivity index (χ4n) is 1.37. The van der Waals surface area contributed by atoms with Crippen LogP contribution in [0.15, 0.2) is 36.0 Å². The van der Waals surface area contributed by atoms with Gasteiger partial charge in [0, 0.05) is 17.5 Å². The van der Waals surface area contributed by atoms with Crippen LogP contribution in [0.3, 0.4) is 0 Å². The van der Waals surface area contributed by atoms with E-state index in [1.165, 1.54) is 0 Å². The molecule has 0 aromatic rings. The molecule has 1 N–H and O–H groups in total. The van der Waals surface area contributed by atoms with Crippen molar-refractivity contribution in [2.45, 2.75) is 13.3 Å². The molecule has 1 nitrogen and oxygen atoms in total. The molecule has 1 rings (SSSR count). The van der Waals surface area contributed by atoms with Crippen molar-refractivity contribution in [3.05, 3.63) is 36.0 Å². The summed E-state index contributed by atoms with van der Waals surface area (Å²) in [7, 11) is 0. The molecular weight excluding hydrogens is 182 g/mol. The highest BCUT2D eigenvalue weighted by atomic mass is 35.5.